The van der Waals surface area contributed by atoms with Crippen molar-refractivity contribution in [3.63, 3.8) is 0 Å². The summed E-state index contributed by atoms with van der Waals surface area (Å²) in [6.07, 6.45) is 1.20. The monoisotopic (exact) mass is 244 g/mol. The van der Waals surface area contributed by atoms with Gasteiger partial charge in [-0.25, -0.2) is 0 Å². The lowest BCUT2D eigenvalue weighted by atomic mass is 10.0. The van der Waals surface area contributed by atoms with Crippen LogP contribution in [0.2, 0.25) is 0 Å². The lowest BCUT2D eigenvalue weighted by Crippen LogP contribution is -2.00. The van der Waals surface area contributed by atoms with Crippen molar-refractivity contribution in [3.05, 3.63) is 55.6 Å². The van der Waals surface area contributed by atoms with Gasteiger partial charge in [0, 0.05) is 11.6 Å². The summed E-state index contributed by atoms with van der Waals surface area (Å²) in [4.78, 5) is 20.7. The minimum atomic E-state index is -0.681. The van der Waals surface area contributed by atoms with Gasteiger partial charge in [-0.1, -0.05) is 18.2 Å². The second kappa shape index (κ2) is 3.49. The third-order valence-corrected chi connectivity index (χ3v) is 3.33. The van der Waals surface area contributed by atoms with Gasteiger partial charge in [-0.05, 0) is 29.2 Å². The molecule has 0 saturated carbocycles. The number of nitrogens with zero attached hydrogens (tertiary/aromatic N) is 2. The molecule has 0 amide bonds. The third-order valence-electron chi connectivity index (χ3n) is 3.33. The Labute approximate surface area is 101 Å². The molecular weight excluding hydrogens is 236 g/mol. The molecule has 90 valence electrons. The molecule has 0 unspecified atom stereocenters. The van der Waals surface area contributed by atoms with E-state index in [4.69, 9.17) is 0 Å². The molecule has 0 radical (unpaired) electrons. The lowest BCUT2D eigenvalue weighted by molar-refractivity contribution is -0.422. The predicted molar refractivity (Wildman–Crippen MR) is 64.7 cm³/mol. The molecule has 0 fully saturated rings. The highest BCUT2D eigenvalue weighted by Crippen LogP contribution is 2.42. The molecule has 6 nitrogen and oxygen atoms in total. The first-order valence-electron chi connectivity index (χ1n) is 5.46. The van der Waals surface area contributed by atoms with E-state index in [1.807, 2.05) is 12.1 Å². The zero-order chi connectivity index (χ0) is 12.9. The molecule has 0 spiro atoms. The number of nitro groups is 2. The summed E-state index contributed by atoms with van der Waals surface area (Å²) in [5.41, 5.74) is 0.763. The Morgan fingerprint density at radius 3 is 2.50 bits per heavy atom. The van der Waals surface area contributed by atoms with E-state index in [9.17, 15) is 20.2 Å². The number of rotatable bonds is 2. The Bertz CT molecular complexity index is 709. The SMILES string of the molecule is O=[N+]([O-])c1cc2cccc3c2c(c1[N+](=O)[O-])CC3. The summed E-state index contributed by atoms with van der Waals surface area (Å²) >= 11 is 0. The highest BCUT2D eigenvalue weighted by molar-refractivity contribution is 5.96. The molecule has 1 aliphatic carbocycles. The van der Waals surface area contributed by atoms with E-state index in [0.29, 0.717) is 23.8 Å². The van der Waals surface area contributed by atoms with E-state index in [1.165, 1.54) is 6.07 Å². The zero-order valence-corrected chi connectivity index (χ0v) is 9.25. The van der Waals surface area contributed by atoms with Gasteiger partial charge in [-0.3, -0.25) is 20.2 Å². The maximum absolute atomic E-state index is 11.1. The first-order chi connectivity index (χ1) is 8.59. The van der Waals surface area contributed by atoms with Gasteiger partial charge in [0.1, 0.15) is 0 Å². The van der Waals surface area contributed by atoms with Crippen LogP contribution in [0.5, 0.6) is 0 Å². The van der Waals surface area contributed by atoms with Gasteiger partial charge < -0.3 is 0 Å². The van der Waals surface area contributed by atoms with Crippen molar-refractivity contribution >= 4 is 22.1 Å². The molecule has 0 N–H and O–H groups in total. The Hall–Kier alpha value is -2.50. The number of nitro benzene ring substituents is 2. The fourth-order valence-electron chi connectivity index (χ4n) is 2.65. The van der Waals surface area contributed by atoms with Crippen molar-refractivity contribution in [2.75, 3.05) is 0 Å². The summed E-state index contributed by atoms with van der Waals surface area (Å²) in [5, 5.41) is 23.6. The van der Waals surface area contributed by atoms with Gasteiger partial charge in [0.05, 0.1) is 9.85 Å². The standard InChI is InChI=1S/C12H8N2O4/c15-13(16)10-6-8-3-1-2-7-4-5-9(11(7)8)12(10)14(17)18/h1-3,6H,4-5H2. The van der Waals surface area contributed by atoms with Gasteiger partial charge >= 0.3 is 11.4 Å². The van der Waals surface area contributed by atoms with Crippen LogP contribution in [0.3, 0.4) is 0 Å². The van der Waals surface area contributed by atoms with Crippen LogP contribution in [-0.2, 0) is 12.8 Å². The number of benzene rings is 2. The minimum Gasteiger partial charge on any atom is -0.258 e. The lowest BCUT2D eigenvalue weighted by Gasteiger charge is -2.03. The summed E-state index contributed by atoms with van der Waals surface area (Å²) in [6.45, 7) is 0. The van der Waals surface area contributed by atoms with Crippen LogP contribution >= 0.6 is 0 Å². The second-order valence-corrected chi connectivity index (χ2v) is 4.25. The summed E-state index contributed by atoms with van der Waals surface area (Å²) in [7, 11) is 0. The van der Waals surface area contributed by atoms with E-state index in [2.05, 4.69) is 0 Å². The third kappa shape index (κ3) is 1.29. The summed E-state index contributed by atoms with van der Waals surface area (Å²) in [6, 6.07) is 6.78. The molecule has 0 aliphatic heterocycles. The molecule has 1 aliphatic rings. The van der Waals surface area contributed by atoms with E-state index in [-0.39, 0.29) is 5.69 Å². The average Bonchev–Trinajstić information content (AvgIpc) is 2.74. The van der Waals surface area contributed by atoms with E-state index < -0.39 is 15.5 Å². The quantitative estimate of drug-likeness (QED) is 0.600. The molecule has 2 aromatic carbocycles. The first kappa shape index (κ1) is 10.6. The Morgan fingerprint density at radius 1 is 1.06 bits per heavy atom. The molecule has 18 heavy (non-hydrogen) atoms. The molecule has 6 heteroatoms. The molecule has 0 bridgehead atoms. The molecule has 0 saturated heterocycles. The largest absolute Gasteiger partial charge is 0.349 e. The van der Waals surface area contributed by atoms with Crippen LogP contribution < -0.4 is 0 Å². The Balaban J connectivity index is 2.49. The van der Waals surface area contributed by atoms with Crippen LogP contribution in [0.1, 0.15) is 11.1 Å². The minimum absolute atomic E-state index is 0.350. The van der Waals surface area contributed by atoms with Crippen LogP contribution in [0.25, 0.3) is 10.8 Å². The highest BCUT2D eigenvalue weighted by atomic mass is 16.6. The zero-order valence-electron chi connectivity index (χ0n) is 9.25. The number of hydrogen-bond acceptors (Lipinski definition) is 4. The number of hydrogen-bond donors (Lipinski definition) is 0. The van der Waals surface area contributed by atoms with Crippen LogP contribution in [-0.4, -0.2) is 9.85 Å². The molecule has 0 atom stereocenters. The molecule has 0 heterocycles. The van der Waals surface area contributed by atoms with E-state index in [0.717, 1.165) is 10.9 Å². The van der Waals surface area contributed by atoms with Crippen molar-refractivity contribution in [1.82, 2.24) is 0 Å². The fraction of sp³-hybridized carbons (Fsp3) is 0.167. The Morgan fingerprint density at radius 2 is 1.83 bits per heavy atom. The first-order valence-corrected chi connectivity index (χ1v) is 5.46. The predicted octanol–water partition coefficient (Wildman–Crippen LogP) is 2.75. The van der Waals surface area contributed by atoms with Crippen LogP contribution in [0, 0.1) is 20.2 Å². The van der Waals surface area contributed by atoms with Gasteiger partial charge in [-0.15, -0.1) is 0 Å². The highest BCUT2D eigenvalue weighted by Gasteiger charge is 2.33. The van der Waals surface area contributed by atoms with Crippen LogP contribution in [0.15, 0.2) is 24.3 Å². The fourth-order valence-corrected chi connectivity index (χ4v) is 2.65. The summed E-state index contributed by atoms with van der Waals surface area (Å²) < 4.78 is 0. The maximum Gasteiger partial charge on any atom is 0.349 e. The van der Waals surface area contributed by atoms with Crippen molar-refractivity contribution in [2.45, 2.75) is 12.8 Å². The normalized spacial score (nSPS) is 12.9. The van der Waals surface area contributed by atoms with Gasteiger partial charge in [0.2, 0.25) is 0 Å². The average molecular weight is 244 g/mol. The summed E-state index contributed by atoms with van der Waals surface area (Å²) in [5.74, 6) is 0. The molecular formula is C12H8N2O4. The van der Waals surface area contributed by atoms with Crippen molar-refractivity contribution in [2.24, 2.45) is 0 Å². The van der Waals surface area contributed by atoms with Gasteiger partial charge in [0.25, 0.3) is 0 Å². The van der Waals surface area contributed by atoms with E-state index in [1.54, 1.807) is 6.07 Å². The topological polar surface area (TPSA) is 86.3 Å². The van der Waals surface area contributed by atoms with Crippen molar-refractivity contribution < 1.29 is 9.85 Å². The van der Waals surface area contributed by atoms with Crippen molar-refractivity contribution in [1.29, 1.82) is 0 Å². The van der Waals surface area contributed by atoms with Crippen molar-refractivity contribution in [3.8, 4) is 0 Å². The Kier molecular flexibility index (Phi) is 2.07. The molecule has 2 aromatic rings. The van der Waals surface area contributed by atoms with Crippen LogP contribution in [0.4, 0.5) is 11.4 Å². The molecule has 0 aromatic heterocycles. The molecule has 3 rings (SSSR count). The second-order valence-electron chi connectivity index (χ2n) is 4.25. The van der Waals surface area contributed by atoms with E-state index >= 15 is 0 Å². The van der Waals surface area contributed by atoms with Gasteiger partial charge in [0.15, 0.2) is 0 Å². The maximum atomic E-state index is 11.1. The smallest absolute Gasteiger partial charge is 0.258 e. The van der Waals surface area contributed by atoms with Gasteiger partial charge in [-0.2, -0.15) is 0 Å². The number of aryl methyl sites for hydroxylation is 2.